The van der Waals surface area contributed by atoms with Gasteiger partial charge in [-0.3, -0.25) is 0 Å². The first-order valence-corrected chi connectivity index (χ1v) is 6.29. The van der Waals surface area contributed by atoms with E-state index in [0.29, 0.717) is 17.3 Å². The molecular weight excluding hydrogens is 266 g/mol. The van der Waals surface area contributed by atoms with Crippen LogP contribution in [0.15, 0.2) is 18.2 Å². The van der Waals surface area contributed by atoms with Crippen molar-refractivity contribution >= 4 is 17.6 Å². The largest absolute Gasteiger partial charge is 0.461 e. The highest BCUT2D eigenvalue weighted by Gasteiger charge is 2.19. The molecule has 0 amide bonds. The monoisotopic (exact) mass is 279 g/mol. The summed E-state index contributed by atoms with van der Waals surface area (Å²) >= 11 is 6.08. The molecular formula is C13H14ClN3O2. The Hall–Kier alpha value is -1.88. The lowest BCUT2D eigenvalue weighted by Gasteiger charge is -2.08. The quantitative estimate of drug-likeness (QED) is 0.811. The fourth-order valence-electron chi connectivity index (χ4n) is 1.77. The van der Waals surface area contributed by atoms with Gasteiger partial charge in [-0.05, 0) is 38.5 Å². The van der Waals surface area contributed by atoms with Crippen LogP contribution < -0.4 is 0 Å². The molecule has 2 rings (SSSR count). The fourth-order valence-corrected chi connectivity index (χ4v) is 1.94. The van der Waals surface area contributed by atoms with Crippen LogP contribution in [0.4, 0.5) is 0 Å². The van der Waals surface area contributed by atoms with Crippen molar-refractivity contribution in [2.75, 3.05) is 6.61 Å². The lowest BCUT2D eigenvalue weighted by molar-refractivity contribution is 0.0518. The normalized spacial score (nSPS) is 10.5. The molecule has 0 saturated carbocycles. The zero-order chi connectivity index (χ0) is 14.0. The Labute approximate surface area is 116 Å². The Morgan fingerprint density at radius 2 is 2.16 bits per heavy atom. The fraction of sp³-hybridized carbons (Fsp3) is 0.308. The van der Waals surface area contributed by atoms with Gasteiger partial charge < -0.3 is 4.74 Å². The molecule has 2 aromatic rings. The summed E-state index contributed by atoms with van der Waals surface area (Å²) in [6.45, 7) is 5.72. The second kappa shape index (κ2) is 5.40. The molecule has 0 saturated heterocycles. The molecule has 0 bridgehead atoms. The number of ether oxygens (including phenoxy) is 1. The van der Waals surface area contributed by atoms with Crippen LogP contribution in [0.3, 0.4) is 0 Å². The Morgan fingerprint density at radius 1 is 1.42 bits per heavy atom. The van der Waals surface area contributed by atoms with Crippen LogP contribution in [0.1, 0.15) is 28.7 Å². The second-order valence-electron chi connectivity index (χ2n) is 4.04. The van der Waals surface area contributed by atoms with Crippen molar-refractivity contribution in [1.29, 1.82) is 0 Å². The predicted molar refractivity (Wildman–Crippen MR) is 71.8 cm³/mol. The SMILES string of the molecule is CCOC(=O)c1nnn(-c2cccc(Cl)c2C)c1C. The Kier molecular flexibility index (Phi) is 3.85. The average Bonchev–Trinajstić information content (AvgIpc) is 2.75. The van der Waals surface area contributed by atoms with Gasteiger partial charge in [-0.2, -0.15) is 0 Å². The van der Waals surface area contributed by atoms with Gasteiger partial charge in [0, 0.05) is 5.02 Å². The molecule has 1 aromatic carbocycles. The number of hydrogen-bond acceptors (Lipinski definition) is 4. The summed E-state index contributed by atoms with van der Waals surface area (Å²) in [5.41, 5.74) is 2.53. The molecule has 0 radical (unpaired) electrons. The molecule has 5 nitrogen and oxygen atoms in total. The van der Waals surface area contributed by atoms with Crippen LogP contribution in [0.5, 0.6) is 0 Å². The van der Waals surface area contributed by atoms with E-state index in [1.54, 1.807) is 24.6 Å². The standard InChI is InChI=1S/C13H14ClN3O2/c1-4-19-13(18)12-9(3)17(16-15-12)11-7-5-6-10(14)8(11)2/h5-7H,4H2,1-3H3. The zero-order valence-corrected chi connectivity index (χ0v) is 11.7. The summed E-state index contributed by atoms with van der Waals surface area (Å²) < 4.78 is 6.52. The topological polar surface area (TPSA) is 57.0 Å². The van der Waals surface area contributed by atoms with E-state index in [9.17, 15) is 4.79 Å². The van der Waals surface area contributed by atoms with Gasteiger partial charge in [0.25, 0.3) is 0 Å². The van der Waals surface area contributed by atoms with Crippen molar-refractivity contribution in [2.45, 2.75) is 20.8 Å². The summed E-state index contributed by atoms with van der Waals surface area (Å²) in [6.07, 6.45) is 0. The number of nitrogens with zero attached hydrogens (tertiary/aromatic N) is 3. The third-order valence-corrected chi connectivity index (χ3v) is 3.24. The number of esters is 1. The minimum absolute atomic E-state index is 0.223. The van der Waals surface area contributed by atoms with E-state index in [0.717, 1.165) is 11.3 Å². The predicted octanol–water partition coefficient (Wildman–Crippen LogP) is 2.71. The molecule has 0 spiro atoms. The van der Waals surface area contributed by atoms with Crippen LogP contribution in [-0.2, 0) is 4.74 Å². The summed E-state index contributed by atoms with van der Waals surface area (Å²) in [5.74, 6) is -0.467. The van der Waals surface area contributed by atoms with Crippen LogP contribution >= 0.6 is 11.6 Å². The van der Waals surface area contributed by atoms with Crippen molar-refractivity contribution in [1.82, 2.24) is 15.0 Å². The number of benzene rings is 1. The molecule has 0 aliphatic carbocycles. The maximum absolute atomic E-state index is 11.7. The lowest BCUT2D eigenvalue weighted by atomic mass is 10.2. The van der Waals surface area contributed by atoms with E-state index in [1.807, 2.05) is 19.1 Å². The maximum atomic E-state index is 11.7. The van der Waals surface area contributed by atoms with Gasteiger partial charge in [0.1, 0.15) is 0 Å². The van der Waals surface area contributed by atoms with Crippen LogP contribution in [-0.4, -0.2) is 27.6 Å². The summed E-state index contributed by atoms with van der Waals surface area (Å²) in [7, 11) is 0. The number of rotatable bonds is 3. The van der Waals surface area contributed by atoms with Crippen LogP contribution in [0, 0.1) is 13.8 Å². The number of aromatic nitrogens is 3. The maximum Gasteiger partial charge on any atom is 0.360 e. The first-order chi connectivity index (χ1) is 9.06. The molecule has 0 aliphatic rings. The van der Waals surface area contributed by atoms with E-state index in [1.165, 1.54) is 0 Å². The third-order valence-electron chi connectivity index (χ3n) is 2.83. The van der Waals surface area contributed by atoms with Crippen molar-refractivity contribution in [3.63, 3.8) is 0 Å². The Morgan fingerprint density at radius 3 is 2.84 bits per heavy atom. The molecule has 1 heterocycles. The van der Waals surface area contributed by atoms with Gasteiger partial charge in [-0.15, -0.1) is 5.10 Å². The van der Waals surface area contributed by atoms with E-state index in [2.05, 4.69) is 10.3 Å². The summed E-state index contributed by atoms with van der Waals surface area (Å²) in [6, 6.07) is 5.51. The van der Waals surface area contributed by atoms with Gasteiger partial charge >= 0.3 is 5.97 Å². The summed E-state index contributed by atoms with van der Waals surface area (Å²) in [4.78, 5) is 11.7. The number of hydrogen-bond donors (Lipinski definition) is 0. The molecule has 6 heteroatoms. The van der Waals surface area contributed by atoms with E-state index < -0.39 is 5.97 Å². The van der Waals surface area contributed by atoms with Gasteiger partial charge in [-0.25, -0.2) is 9.48 Å². The number of carbonyl (C=O) groups is 1. The molecule has 0 N–H and O–H groups in total. The molecule has 0 unspecified atom stereocenters. The minimum atomic E-state index is -0.467. The van der Waals surface area contributed by atoms with Gasteiger partial charge in [0.05, 0.1) is 18.0 Å². The minimum Gasteiger partial charge on any atom is -0.461 e. The zero-order valence-electron chi connectivity index (χ0n) is 11.0. The van der Waals surface area contributed by atoms with Gasteiger partial charge in [0.2, 0.25) is 0 Å². The molecule has 0 aliphatic heterocycles. The van der Waals surface area contributed by atoms with Crippen LogP contribution in [0.25, 0.3) is 5.69 Å². The number of halogens is 1. The lowest BCUT2D eigenvalue weighted by Crippen LogP contribution is -2.08. The highest BCUT2D eigenvalue weighted by atomic mass is 35.5. The van der Waals surface area contributed by atoms with Crippen molar-refractivity contribution < 1.29 is 9.53 Å². The highest BCUT2D eigenvalue weighted by molar-refractivity contribution is 6.31. The molecule has 19 heavy (non-hydrogen) atoms. The van der Waals surface area contributed by atoms with Gasteiger partial charge in [0.15, 0.2) is 5.69 Å². The smallest absolute Gasteiger partial charge is 0.360 e. The van der Waals surface area contributed by atoms with Gasteiger partial charge in [-0.1, -0.05) is 22.9 Å². The summed E-state index contributed by atoms with van der Waals surface area (Å²) in [5, 5.41) is 8.52. The first-order valence-electron chi connectivity index (χ1n) is 5.91. The highest BCUT2D eigenvalue weighted by Crippen LogP contribution is 2.23. The Bertz CT molecular complexity index is 622. The van der Waals surface area contributed by atoms with E-state index >= 15 is 0 Å². The Balaban J connectivity index is 2.48. The molecule has 0 atom stereocenters. The average molecular weight is 280 g/mol. The van der Waals surface area contributed by atoms with Crippen molar-refractivity contribution in [3.8, 4) is 5.69 Å². The number of carbonyl (C=O) groups excluding carboxylic acids is 1. The van der Waals surface area contributed by atoms with Crippen molar-refractivity contribution in [2.24, 2.45) is 0 Å². The van der Waals surface area contributed by atoms with E-state index in [4.69, 9.17) is 16.3 Å². The molecule has 100 valence electrons. The van der Waals surface area contributed by atoms with E-state index in [-0.39, 0.29) is 5.69 Å². The molecule has 1 aromatic heterocycles. The first kappa shape index (κ1) is 13.5. The third kappa shape index (κ3) is 2.46. The molecule has 0 fully saturated rings. The second-order valence-corrected chi connectivity index (χ2v) is 4.45. The van der Waals surface area contributed by atoms with Crippen molar-refractivity contribution in [3.05, 3.63) is 40.2 Å². The van der Waals surface area contributed by atoms with Crippen LogP contribution in [0.2, 0.25) is 5.02 Å².